The molecule has 3 aromatic rings. The van der Waals surface area contributed by atoms with Crippen molar-refractivity contribution in [3.63, 3.8) is 0 Å². The van der Waals surface area contributed by atoms with E-state index in [-0.39, 0.29) is 24.5 Å². The standard InChI is InChI=1S/C18H19N5O3/c1-11-7-8-15(25-11)13-9-14(22-21-13)17(24)19-10-16-20-18(26-23-16)12-5-3-2-4-6-12/h2-8,13-14,21-22H,9-10H2,1H3,(H,19,24). The van der Waals surface area contributed by atoms with Crippen molar-refractivity contribution in [1.29, 1.82) is 0 Å². The molecular formula is C18H19N5O3. The van der Waals surface area contributed by atoms with Crippen LogP contribution in [0.25, 0.3) is 11.5 Å². The maximum atomic E-state index is 12.3. The number of hydrogen-bond donors (Lipinski definition) is 3. The van der Waals surface area contributed by atoms with E-state index in [9.17, 15) is 4.79 Å². The third-order valence-corrected chi connectivity index (χ3v) is 4.23. The summed E-state index contributed by atoms with van der Waals surface area (Å²) in [5.41, 5.74) is 6.93. The lowest BCUT2D eigenvalue weighted by Crippen LogP contribution is -2.43. The minimum atomic E-state index is -0.356. The Balaban J connectivity index is 1.31. The summed E-state index contributed by atoms with van der Waals surface area (Å²) in [6.07, 6.45) is 0.598. The van der Waals surface area contributed by atoms with Crippen LogP contribution in [0.1, 0.15) is 29.8 Å². The van der Waals surface area contributed by atoms with Gasteiger partial charge in [0.2, 0.25) is 5.91 Å². The quantitative estimate of drug-likeness (QED) is 0.643. The van der Waals surface area contributed by atoms with Crippen molar-refractivity contribution in [3.8, 4) is 11.5 Å². The third kappa shape index (κ3) is 3.51. The summed E-state index contributed by atoms with van der Waals surface area (Å²) in [6, 6.07) is 12.9. The van der Waals surface area contributed by atoms with Crippen LogP contribution >= 0.6 is 0 Å². The summed E-state index contributed by atoms with van der Waals surface area (Å²) in [5.74, 6) is 2.40. The molecule has 1 aromatic carbocycles. The van der Waals surface area contributed by atoms with Gasteiger partial charge >= 0.3 is 0 Å². The molecule has 8 nitrogen and oxygen atoms in total. The largest absolute Gasteiger partial charge is 0.465 e. The number of aromatic nitrogens is 2. The topological polar surface area (TPSA) is 105 Å². The van der Waals surface area contributed by atoms with E-state index >= 15 is 0 Å². The predicted molar refractivity (Wildman–Crippen MR) is 92.4 cm³/mol. The van der Waals surface area contributed by atoms with Gasteiger partial charge in [0.1, 0.15) is 17.6 Å². The lowest BCUT2D eigenvalue weighted by Gasteiger charge is -2.08. The van der Waals surface area contributed by atoms with Crippen molar-refractivity contribution in [2.75, 3.05) is 0 Å². The molecule has 26 heavy (non-hydrogen) atoms. The van der Waals surface area contributed by atoms with Gasteiger partial charge < -0.3 is 14.3 Å². The molecule has 134 valence electrons. The minimum Gasteiger partial charge on any atom is -0.465 e. The number of amides is 1. The highest BCUT2D eigenvalue weighted by Gasteiger charge is 2.31. The summed E-state index contributed by atoms with van der Waals surface area (Å²) < 4.78 is 10.8. The van der Waals surface area contributed by atoms with Crippen LogP contribution in [0.15, 0.2) is 51.4 Å². The number of hydrogen-bond acceptors (Lipinski definition) is 7. The lowest BCUT2D eigenvalue weighted by atomic mass is 10.1. The lowest BCUT2D eigenvalue weighted by molar-refractivity contribution is -0.123. The molecule has 0 aliphatic carbocycles. The molecule has 0 saturated carbocycles. The van der Waals surface area contributed by atoms with Gasteiger partial charge in [0, 0.05) is 5.56 Å². The number of aryl methyl sites for hydroxylation is 1. The fourth-order valence-corrected chi connectivity index (χ4v) is 2.87. The number of carbonyl (C=O) groups excluding carboxylic acids is 1. The first-order chi connectivity index (χ1) is 12.7. The Hall–Kier alpha value is -2.97. The molecule has 1 saturated heterocycles. The van der Waals surface area contributed by atoms with E-state index in [2.05, 4.69) is 26.3 Å². The number of rotatable bonds is 5. The maximum absolute atomic E-state index is 12.3. The van der Waals surface area contributed by atoms with E-state index in [4.69, 9.17) is 8.94 Å². The van der Waals surface area contributed by atoms with E-state index in [1.54, 1.807) is 0 Å². The molecule has 2 atom stereocenters. The summed E-state index contributed by atoms with van der Waals surface area (Å²) in [7, 11) is 0. The first kappa shape index (κ1) is 16.5. The zero-order valence-electron chi connectivity index (χ0n) is 14.2. The van der Waals surface area contributed by atoms with Gasteiger partial charge in [-0.1, -0.05) is 23.4 Å². The second-order valence-corrected chi connectivity index (χ2v) is 6.18. The Kier molecular flexibility index (Phi) is 4.51. The molecule has 3 heterocycles. The average molecular weight is 353 g/mol. The van der Waals surface area contributed by atoms with Gasteiger partial charge in [0.15, 0.2) is 5.82 Å². The molecule has 2 aromatic heterocycles. The smallest absolute Gasteiger partial charge is 0.257 e. The van der Waals surface area contributed by atoms with E-state index < -0.39 is 0 Å². The zero-order chi connectivity index (χ0) is 17.9. The Labute approximate surface area is 149 Å². The number of benzene rings is 1. The van der Waals surface area contributed by atoms with Crippen LogP contribution < -0.4 is 16.2 Å². The average Bonchev–Trinajstić information content (AvgIpc) is 3.40. The minimum absolute atomic E-state index is 0.0330. The van der Waals surface area contributed by atoms with Crippen molar-refractivity contribution in [3.05, 3.63) is 59.8 Å². The summed E-state index contributed by atoms with van der Waals surface area (Å²) in [4.78, 5) is 16.6. The molecule has 0 radical (unpaired) electrons. The summed E-state index contributed by atoms with van der Waals surface area (Å²) >= 11 is 0. The number of carbonyl (C=O) groups is 1. The molecule has 0 bridgehead atoms. The van der Waals surface area contributed by atoms with E-state index in [1.165, 1.54) is 0 Å². The van der Waals surface area contributed by atoms with E-state index in [1.807, 2.05) is 49.4 Å². The van der Waals surface area contributed by atoms with Gasteiger partial charge in [-0.05, 0) is 37.6 Å². The van der Waals surface area contributed by atoms with Crippen LogP contribution in [0.2, 0.25) is 0 Å². The molecule has 1 amide bonds. The monoisotopic (exact) mass is 353 g/mol. The Morgan fingerprint density at radius 3 is 2.85 bits per heavy atom. The fourth-order valence-electron chi connectivity index (χ4n) is 2.87. The van der Waals surface area contributed by atoms with Gasteiger partial charge in [-0.25, -0.2) is 10.9 Å². The molecule has 3 N–H and O–H groups in total. The summed E-state index contributed by atoms with van der Waals surface area (Å²) in [6.45, 7) is 2.10. The molecular weight excluding hydrogens is 334 g/mol. The molecule has 1 aliphatic rings. The second-order valence-electron chi connectivity index (χ2n) is 6.18. The van der Waals surface area contributed by atoms with Crippen LogP contribution in [-0.4, -0.2) is 22.1 Å². The first-order valence-electron chi connectivity index (χ1n) is 8.42. The SMILES string of the molecule is Cc1ccc(C2CC(C(=O)NCc3noc(-c4ccccc4)n3)NN2)o1. The third-order valence-electron chi connectivity index (χ3n) is 4.23. The Bertz CT molecular complexity index is 889. The van der Waals surface area contributed by atoms with Crippen molar-refractivity contribution in [2.45, 2.75) is 32.0 Å². The Morgan fingerprint density at radius 2 is 2.08 bits per heavy atom. The summed E-state index contributed by atoms with van der Waals surface area (Å²) in [5, 5.41) is 6.73. The number of nitrogens with zero attached hydrogens (tertiary/aromatic N) is 2. The Morgan fingerprint density at radius 1 is 1.23 bits per heavy atom. The molecule has 1 aliphatic heterocycles. The van der Waals surface area contributed by atoms with Crippen LogP contribution in [0.5, 0.6) is 0 Å². The molecule has 2 unspecified atom stereocenters. The van der Waals surface area contributed by atoms with Crippen LogP contribution in [0.3, 0.4) is 0 Å². The van der Waals surface area contributed by atoms with E-state index in [0.717, 1.165) is 17.1 Å². The molecule has 8 heteroatoms. The highest BCUT2D eigenvalue weighted by molar-refractivity contribution is 5.82. The predicted octanol–water partition coefficient (Wildman–Crippen LogP) is 1.86. The van der Waals surface area contributed by atoms with Crippen LogP contribution in [0, 0.1) is 6.92 Å². The number of furan rings is 1. The van der Waals surface area contributed by atoms with Crippen molar-refractivity contribution in [1.82, 2.24) is 26.3 Å². The van der Waals surface area contributed by atoms with Gasteiger partial charge in [-0.2, -0.15) is 4.98 Å². The van der Waals surface area contributed by atoms with E-state index in [0.29, 0.717) is 18.1 Å². The van der Waals surface area contributed by atoms with Gasteiger partial charge in [-0.3, -0.25) is 4.79 Å². The van der Waals surface area contributed by atoms with Gasteiger partial charge in [0.05, 0.1) is 12.6 Å². The van der Waals surface area contributed by atoms with Gasteiger partial charge in [0.25, 0.3) is 5.89 Å². The first-order valence-corrected chi connectivity index (χ1v) is 8.42. The molecule has 1 fully saturated rings. The maximum Gasteiger partial charge on any atom is 0.257 e. The number of hydrazine groups is 1. The normalized spacial score (nSPS) is 19.6. The van der Waals surface area contributed by atoms with Crippen molar-refractivity contribution in [2.24, 2.45) is 0 Å². The van der Waals surface area contributed by atoms with Crippen molar-refractivity contribution >= 4 is 5.91 Å². The fraction of sp³-hybridized carbons (Fsp3) is 0.278. The van der Waals surface area contributed by atoms with Crippen LogP contribution in [-0.2, 0) is 11.3 Å². The van der Waals surface area contributed by atoms with Crippen LogP contribution in [0.4, 0.5) is 0 Å². The zero-order valence-corrected chi connectivity index (χ0v) is 14.2. The molecule has 0 spiro atoms. The second kappa shape index (κ2) is 7.11. The highest BCUT2D eigenvalue weighted by Crippen LogP contribution is 2.24. The van der Waals surface area contributed by atoms with Gasteiger partial charge in [-0.15, -0.1) is 0 Å². The van der Waals surface area contributed by atoms with Crippen molar-refractivity contribution < 1.29 is 13.7 Å². The number of nitrogens with one attached hydrogen (secondary N) is 3. The molecule has 4 rings (SSSR count). The highest BCUT2D eigenvalue weighted by atomic mass is 16.5.